The summed E-state index contributed by atoms with van der Waals surface area (Å²) in [6, 6.07) is 7.23. The van der Waals surface area contributed by atoms with Crippen LogP contribution in [0.2, 0.25) is 0 Å². The Kier molecular flexibility index (Phi) is 4.89. The summed E-state index contributed by atoms with van der Waals surface area (Å²) in [5.74, 6) is 1.11. The zero-order valence-electron chi connectivity index (χ0n) is 14.4. The molecule has 0 bridgehead atoms. The summed E-state index contributed by atoms with van der Waals surface area (Å²) in [7, 11) is 0. The van der Waals surface area contributed by atoms with Gasteiger partial charge in [-0.3, -0.25) is 0 Å². The van der Waals surface area contributed by atoms with Crippen molar-refractivity contribution in [3.8, 4) is 0 Å². The first-order valence-corrected chi connectivity index (χ1v) is 9.08. The fraction of sp³-hybridized carbons (Fsp3) is 0.700. The van der Waals surface area contributed by atoms with Gasteiger partial charge in [0.1, 0.15) is 0 Å². The second kappa shape index (κ2) is 6.72. The third-order valence-electron chi connectivity index (χ3n) is 5.72. The predicted octanol–water partition coefficient (Wildman–Crippen LogP) is 5.16. The lowest BCUT2D eigenvalue weighted by molar-refractivity contribution is -0.178. The summed E-state index contributed by atoms with van der Waals surface area (Å²) in [6.45, 7) is 8.44. The van der Waals surface area contributed by atoms with Crippen LogP contribution in [0.3, 0.4) is 0 Å². The van der Waals surface area contributed by atoms with Gasteiger partial charge in [-0.1, -0.05) is 39.0 Å². The second-order valence-corrected chi connectivity index (χ2v) is 7.00. The molecule has 1 saturated heterocycles. The van der Waals surface area contributed by atoms with E-state index in [9.17, 15) is 0 Å². The van der Waals surface area contributed by atoms with Crippen LogP contribution >= 0.6 is 0 Å². The van der Waals surface area contributed by atoms with Gasteiger partial charge >= 0.3 is 0 Å². The van der Waals surface area contributed by atoms with Gasteiger partial charge in [-0.05, 0) is 54.2 Å². The van der Waals surface area contributed by atoms with Crippen molar-refractivity contribution < 1.29 is 9.47 Å². The number of benzene rings is 1. The van der Waals surface area contributed by atoms with Crippen LogP contribution in [0.15, 0.2) is 18.2 Å². The molecule has 1 heterocycles. The molecule has 1 aliphatic carbocycles. The van der Waals surface area contributed by atoms with E-state index in [1.54, 1.807) is 11.1 Å². The lowest BCUT2D eigenvalue weighted by atomic mass is 9.79. The normalized spacial score (nSPS) is 23.0. The van der Waals surface area contributed by atoms with Crippen molar-refractivity contribution in [2.75, 3.05) is 13.2 Å². The molecule has 3 rings (SSSR count). The molecule has 2 fully saturated rings. The Balaban J connectivity index is 1.73. The van der Waals surface area contributed by atoms with Gasteiger partial charge in [0.05, 0.1) is 13.2 Å². The smallest absolute Gasteiger partial charge is 0.168 e. The SMILES string of the molecule is CCc1cc(C2CCC3(CC2)OCCO3)ccc1C(C)CC. The van der Waals surface area contributed by atoms with E-state index in [0.29, 0.717) is 11.8 Å². The maximum Gasteiger partial charge on any atom is 0.168 e. The molecular weight excluding hydrogens is 272 g/mol. The van der Waals surface area contributed by atoms with Crippen molar-refractivity contribution >= 4 is 0 Å². The molecule has 2 nitrogen and oxygen atoms in total. The Morgan fingerprint density at radius 2 is 1.82 bits per heavy atom. The highest BCUT2D eigenvalue weighted by molar-refractivity contribution is 5.36. The van der Waals surface area contributed by atoms with E-state index in [0.717, 1.165) is 32.5 Å². The van der Waals surface area contributed by atoms with Gasteiger partial charge in [0.2, 0.25) is 0 Å². The summed E-state index contributed by atoms with van der Waals surface area (Å²) < 4.78 is 11.7. The number of hydrogen-bond acceptors (Lipinski definition) is 2. The second-order valence-electron chi connectivity index (χ2n) is 7.00. The fourth-order valence-electron chi connectivity index (χ4n) is 4.06. The first kappa shape index (κ1) is 16.0. The number of rotatable bonds is 4. The Bertz CT molecular complexity index is 492. The van der Waals surface area contributed by atoms with Crippen LogP contribution in [0.4, 0.5) is 0 Å². The molecule has 22 heavy (non-hydrogen) atoms. The molecule has 2 heteroatoms. The van der Waals surface area contributed by atoms with Crippen molar-refractivity contribution in [1.82, 2.24) is 0 Å². The number of hydrogen-bond donors (Lipinski definition) is 0. The lowest BCUT2D eigenvalue weighted by Gasteiger charge is -2.35. The van der Waals surface area contributed by atoms with Crippen molar-refractivity contribution in [2.45, 2.75) is 76.9 Å². The Morgan fingerprint density at radius 1 is 1.14 bits per heavy atom. The van der Waals surface area contributed by atoms with E-state index in [1.165, 1.54) is 24.8 Å². The molecule has 1 unspecified atom stereocenters. The van der Waals surface area contributed by atoms with Gasteiger partial charge in [-0.15, -0.1) is 0 Å². The van der Waals surface area contributed by atoms with E-state index in [4.69, 9.17) is 9.47 Å². The van der Waals surface area contributed by atoms with Gasteiger partial charge in [0.25, 0.3) is 0 Å². The van der Waals surface area contributed by atoms with Gasteiger partial charge in [0, 0.05) is 12.8 Å². The predicted molar refractivity (Wildman–Crippen MR) is 90.4 cm³/mol. The molecule has 122 valence electrons. The Hall–Kier alpha value is -0.860. The minimum absolute atomic E-state index is 0.235. The largest absolute Gasteiger partial charge is 0.348 e. The standard InChI is InChI=1S/C20H30O2/c1-4-15(3)19-7-6-18(14-16(19)5-2)17-8-10-20(11-9-17)21-12-13-22-20/h6-7,14-15,17H,4-5,8-13H2,1-3H3. The van der Waals surface area contributed by atoms with Gasteiger partial charge in [0.15, 0.2) is 5.79 Å². The molecule has 1 saturated carbocycles. The van der Waals surface area contributed by atoms with Crippen LogP contribution < -0.4 is 0 Å². The van der Waals surface area contributed by atoms with Crippen molar-refractivity contribution in [3.05, 3.63) is 34.9 Å². The molecule has 1 aromatic rings. The molecule has 0 aromatic heterocycles. The summed E-state index contributed by atoms with van der Waals surface area (Å²) in [5, 5.41) is 0. The molecule has 2 aliphatic rings. The van der Waals surface area contributed by atoms with Crippen LogP contribution in [0.25, 0.3) is 0 Å². The van der Waals surface area contributed by atoms with E-state index >= 15 is 0 Å². The quantitative estimate of drug-likeness (QED) is 0.764. The van der Waals surface area contributed by atoms with Crippen molar-refractivity contribution in [2.24, 2.45) is 0 Å². The number of aryl methyl sites for hydroxylation is 1. The number of ether oxygens (including phenoxy) is 2. The van der Waals surface area contributed by atoms with E-state index in [2.05, 4.69) is 39.0 Å². The highest BCUT2D eigenvalue weighted by atomic mass is 16.7. The topological polar surface area (TPSA) is 18.5 Å². The maximum atomic E-state index is 5.85. The van der Waals surface area contributed by atoms with Crippen molar-refractivity contribution in [3.63, 3.8) is 0 Å². The maximum absolute atomic E-state index is 5.85. The van der Waals surface area contributed by atoms with Crippen LogP contribution in [-0.4, -0.2) is 19.0 Å². The monoisotopic (exact) mass is 302 g/mol. The minimum atomic E-state index is -0.235. The first-order valence-electron chi connectivity index (χ1n) is 9.08. The third kappa shape index (κ3) is 3.09. The Morgan fingerprint density at radius 3 is 2.41 bits per heavy atom. The fourth-order valence-corrected chi connectivity index (χ4v) is 4.06. The van der Waals surface area contributed by atoms with Crippen LogP contribution in [0, 0.1) is 0 Å². The highest BCUT2D eigenvalue weighted by Crippen LogP contribution is 2.42. The average molecular weight is 302 g/mol. The lowest BCUT2D eigenvalue weighted by Crippen LogP contribution is -2.34. The summed E-state index contributed by atoms with van der Waals surface area (Å²) in [5.41, 5.74) is 4.61. The average Bonchev–Trinajstić information content (AvgIpc) is 3.02. The molecule has 1 aromatic carbocycles. The molecule has 1 aliphatic heterocycles. The van der Waals surface area contributed by atoms with Gasteiger partial charge in [-0.25, -0.2) is 0 Å². The molecular formula is C20H30O2. The zero-order valence-corrected chi connectivity index (χ0v) is 14.4. The molecule has 1 spiro atoms. The Labute approximate surface area is 135 Å². The summed E-state index contributed by atoms with van der Waals surface area (Å²) in [6.07, 6.45) is 6.82. The van der Waals surface area contributed by atoms with Gasteiger partial charge in [-0.2, -0.15) is 0 Å². The zero-order chi connectivity index (χ0) is 15.6. The first-order chi connectivity index (χ1) is 10.7. The van der Waals surface area contributed by atoms with E-state index in [1.807, 2.05) is 0 Å². The highest BCUT2D eigenvalue weighted by Gasteiger charge is 2.40. The van der Waals surface area contributed by atoms with Crippen molar-refractivity contribution in [1.29, 1.82) is 0 Å². The summed E-state index contributed by atoms with van der Waals surface area (Å²) >= 11 is 0. The molecule has 1 atom stereocenters. The van der Waals surface area contributed by atoms with Crippen LogP contribution in [0.1, 0.15) is 81.4 Å². The third-order valence-corrected chi connectivity index (χ3v) is 5.72. The molecule has 0 radical (unpaired) electrons. The summed E-state index contributed by atoms with van der Waals surface area (Å²) in [4.78, 5) is 0. The molecule has 0 N–H and O–H groups in total. The minimum Gasteiger partial charge on any atom is -0.348 e. The van der Waals surface area contributed by atoms with E-state index in [-0.39, 0.29) is 5.79 Å². The molecule has 0 amide bonds. The van der Waals surface area contributed by atoms with Crippen LogP contribution in [-0.2, 0) is 15.9 Å². The van der Waals surface area contributed by atoms with E-state index < -0.39 is 0 Å². The van der Waals surface area contributed by atoms with Crippen LogP contribution in [0.5, 0.6) is 0 Å². The van der Waals surface area contributed by atoms with Gasteiger partial charge < -0.3 is 9.47 Å².